The van der Waals surface area contributed by atoms with Gasteiger partial charge in [0, 0.05) is 23.9 Å². The van der Waals surface area contributed by atoms with Crippen molar-refractivity contribution in [2.75, 3.05) is 33.4 Å². The minimum Gasteiger partial charge on any atom is -0.496 e. The Bertz CT molecular complexity index is 1200. The first kappa shape index (κ1) is 30.2. The zero-order valence-corrected chi connectivity index (χ0v) is 23.7. The van der Waals surface area contributed by atoms with Crippen LogP contribution in [-0.4, -0.2) is 33.4 Å². The summed E-state index contributed by atoms with van der Waals surface area (Å²) in [6, 6.07) is 24.4. The molecule has 0 amide bonds. The third-order valence-electron chi connectivity index (χ3n) is 6.59. The van der Waals surface area contributed by atoms with Gasteiger partial charge in [-0.05, 0) is 79.4 Å². The highest BCUT2D eigenvalue weighted by Crippen LogP contribution is 2.26. The van der Waals surface area contributed by atoms with Crippen molar-refractivity contribution in [2.45, 2.75) is 52.2 Å². The average molecular weight is 533 g/mol. The number of rotatable bonds is 10. The van der Waals surface area contributed by atoms with Gasteiger partial charge in [0.05, 0.1) is 33.2 Å². The topological polar surface area (TPSA) is 78.9 Å². The number of piperidine rings is 1. The molecule has 0 spiro atoms. The van der Waals surface area contributed by atoms with Crippen molar-refractivity contribution in [3.63, 3.8) is 0 Å². The fraction of sp³-hybridized carbons (Fsp3) is 0.394. The SMILES string of the molecule is CC.COc1ccccc1COCCCOc1ccc(C2CCNCC2)cc1.NCc1ccc2occc2c1. The van der Waals surface area contributed by atoms with Crippen molar-refractivity contribution in [3.8, 4) is 11.5 Å². The first-order valence-electron chi connectivity index (χ1n) is 14.1. The number of nitrogens with one attached hydrogen (secondary N) is 1. The largest absolute Gasteiger partial charge is 0.496 e. The van der Waals surface area contributed by atoms with Crippen LogP contribution in [0.15, 0.2) is 83.5 Å². The first-order valence-corrected chi connectivity index (χ1v) is 14.1. The van der Waals surface area contributed by atoms with Crippen molar-refractivity contribution < 1.29 is 18.6 Å². The second-order valence-electron chi connectivity index (χ2n) is 9.16. The van der Waals surface area contributed by atoms with Gasteiger partial charge in [0.1, 0.15) is 17.1 Å². The molecule has 0 unspecified atom stereocenters. The summed E-state index contributed by atoms with van der Waals surface area (Å²) in [5, 5.41) is 4.53. The summed E-state index contributed by atoms with van der Waals surface area (Å²) in [5.41, 5.74) is 10.0. The summed E-state index contributed by atoms with van der Waals surface area (Å²) in [6.45, 7) is 8.73. The molecule has 2 heterocycles. The van der Waals surface area contributed by atoms with Crippen LogP contribution in [0.2, 0.25) is 0 Å². The summed E-state index contributed by atoms with van der Waals surface area (Å²) in [6.07, 6.45) is 5.00. The van der Waals surface area contributed by atoms with Crippen LogP contribution >= 0.6 is 0 Å². The van der Waals surface area contributed by atoms with E-state index in [0.29, 0.717) is 32.3 Å². The minimum absolute atomic E-state index is 0.564. The van der Waals surface area contributed by atoms with Crippen molar-refractivity contribution in [3.05, 3.63) is 95.7 Å². The van der Waals surface area contributed by atoms with Gasteiger partial charge in [-0.1, -0.05) is 50.2 Å². The molecule has 1 aromatic heterocycles. The lowest BCUT2D eigenvalue weighted by atomic mass is 9.90. The molecule has 6 nitrogen and oxygen atoms in total. The Morgan fingerprint density at radius 2 is 1.69 bits per heavy atom. The summed E-state index contributed by atoms with van der Waals surface area (Å²) < 4.78 is 22.1. The number of hydrogen-bond acceptors (Lipinski definition) is 6. The number of fused-ring (bicyclic) bond motifs is 1. The normalized spacial score (nSPS) is 13.1. The van der Waals surface area contributed by atoms with E-state index in [-0.39, 0.29) is 0 Å². The maximum absolute atomic E-state index is 5.83. The zero-order chi connectivity index (χ0) is 27.7. The van der Waals surface area contributed by atoms with E-state index in [9.17, 15) is 0 Å². The molecule has 1 fully saturated rings. The fourth-order valence-electron chi connectivity index (χ4n) is 4.49. The number of methoxy groups -OCH3 is 1. The Balaban J connectivity index is 0.000000267. The lowest BCUT2D eigenvalue weighted by Gasteiger charge is -2.23. The number of nitrogens with two attached hydrogens (primary N) is 1. The third kappa shape index (κ3) is 9.74. The van der Waals surface area contributed by atoms with Gasteiger partial charge in [0.15, 0.2) is 0 Å². The Morgan fingerprint density at radius 3 is 2.44 bits per heavy atom. The molecule has 5 rings (SSSR count). The van der Waals surface area contributed by atoms with Crippen LogP contribution in [0, 0.1) is 0 Å². The maximum Gasteiger partial charge on any atom is 0.133 e. The van der Waals surface area contributed by atoms with E-state index < -0.39 is 0 Å². The molecule has 3 N–H and O–H groups in total. The van der Waals surface area contributed by atoms with Crippen LogP contribution in [0.4, 0.5) is 0 Å². The molecule has 39 heavy (non-hydrogen) atoms. The standard InChI is InChI=1S/C22H29NO3.C9H9NO.C2H6/c1-24-22-6-3-2-5-20(22)17-25-15-4-16-26-21-9-7-18(8-10-21)19-11-13-23-14-12-19;10-6-7-1-2-9-8(5-7)3-4-11-9;1-2/h2-3,5-10,19,23H,4,11-17H2,1H3;1-5H,6,10H2;1-2H3. The number of para-hydroxylation sites is 1. The second kappa shape index (κ2) is 17.3. The Kier molecular flexibility index (Phi) is 13.4. The molecule has 3 aromatic carbocycles. The molecule has 4 aromatic rings. The highest BCUT2D eigenvalue weighted by atomic mass is 16.5. The lowest BCUT2D eigenvalue weighted by Crippen LogP contribution is -2.26. The van der Waals surface area contributed by atoms with Gasteiger partial charge in [-0.2, -0.15) is 0 Å². The van der Waals surface area contributed by atoms with E-state index in [1.807, 2.05) is 62.4 Å². The molecule has 1 saturated heterocycles. The molecular weight excluding hydrogens is 488 g/mol. The monoisotopic (exact) mass is 532 g/mol. The van der Waals surface area contributed by atoms with Gasteiger partial charge in [-0.15, -0.1) is 0 Å². The highest BCUT2D eigenvalue weighted by molar-refractivity contribution is 5.77. The molecule has 6 heteroatoms. The van der Waals surface area contributed by atoms with Crippen molar-refractivity contribution in [2.24, 2.45) is 5.73 Å². The van der Waals surface area contributed by atoms with Gasteiger partial charge in [0.2, 0.25) is 0 Å². The van der Waals surface area contributed by atoms with Crippen molar-refractivity contribution in [1.29, 1.82) is 0 Å². The lowest BCUT2D eigenvalue weighted by molar-refractivity contribution is 0.105. The summed E-state index contributed by atoms with van der Waals surface area (Å²) in [5.74, 6) is 2.50. The Labute approximate surface area is 233 Å². The first-order chi connectivity index (χ1) is 19.3. The quantitative estimate of drug-likeness (QED) is 0.213. The second-order valence-corrected chi connectivity index (χ2v) is 9.16. The van der Waals surface area contributed by atoms with Crippen LogP contribution in [0.1, 0.15) is 55.7 Å². The smallest absolute Gasteiger partial charge is 0.133 e. The summed E-state index contributed by atoms with van der Waals surface area (Å²) in [4.78, 5) is 0. The van der Waals surface area contributed by atoms with E-state index in [4.69, 9.17) is 24.4 Å². The van der Waals surface area contributed by atoms with Crippen molar-refractivity contribution >= 4 is 11.0 Å². The molecule has 210 valence electrons. The van der Waals surface area contributed by atoms with E-state index >= 15 is 0 Å². The van der Waals surface area contributed by atoms with Crippen LogP contribution in [0.5, 0.6) is 11.5 Å². The third-order valence-corrected chi connectivity index (χ3v) is 6.59. The average Bonchev–Trinajstić information content (AvgIpc) is 3.49. The van der Waals surface area contributed by atoms with Gasteiger partial charge < -0.3 is 29.7 Å². The summed E-state index contributed by atoms with van der Waals surface area (Å²) >= 11 is 0. The van der Waals surface area contributed by atoms with Crippen molar-refractivity contribution in [1.82, 2.24) is 5.32 Å². The molecule has 0 aliphatic carbocycles. The molecule has 0 radical (unpaired) electrons. The van der Waals surface area contributed by atoms with Crippen LogP contribution in [0.25, 0.3) is 11.0 Å². The molecule has 1 aliphatic rings. The maximum atomic E-state index is 5.83. The van der Waals surface area contributed by atoms with Gasteiger partial charge in [-0.25, -0.2) is 0 Å². The van der Waals surface area contributed by atoms with E-state index in [0.717, 1.165) is 53.1 Å². The fourth-order valence-corrected chi connectivity index (χ4v) is 4.49. The number of hydrogen-bond donors (Lipinski definition) is 2. The minimum atomic E-state index is 0.564. The van der Waals surface area contributed by atoms with Crippen LogP contribution < -0.4 is 20.5 Å². The highest BCUT2D eigenvalue weighted by Gasteiger charge is 2.14. The van der Waals surface area contributed by atoms with Crippen LogP contribution in [-0.2, 0) is 17.9 Å². The van der Waals surface area contributed by atoms with Gasteiger partial charge in [0.25, 0.3) is 0 Å². The van der Waals surface area contributed by atoms with Crippen LogP contribution in [0.3, 0.4) is 0 Å². The number of furan rings is 1. The number of benzene rings is 3. The molecule has 0 bridgehead atoms. The van der Waals surface area contributed by atoms with Gasteiger partial charge >= 0.3 is 0 Å². The van der Waals surface area contributed by atoms with Gasteiger partial charge in [-0.3, -0.25) is 0 Å². The Hall–Kier alpha value is -3.32. The molecule has 0 atom stereocenters. The van der Waals surface area contributed by atoms with E-state index in [2.05, 4.69) is 29.6 Å². The summed E-state index contributed by atoms with van der Waals surface area (Å²) in [7, 11) is 1.68. The number of ether oxygens (including phenoxy) is 3. The predicted molar refractivity (Wildman–Crippen MR) is 160 cm³/mol. The zero-order valence-electron chi connectivity index (χ0n) is 23.7. The molecule has 0 saturated carbocycles. The predicted octanol–water partition coefficient (Wildman–Crippen LogP) is 7.07. The Morgan fingerprint density at radius 1 is 0.923 bits per heavy atom. The molecular formula is C33H44N2O4. The van der Waals surface area contributed by atoms with E-state index in [1.54, 1.807) is 13.4 Å². The molecule has 1 aliphatic heterocycles. The van der Waals surface area contributed by atoms with E-state index in [1.165, 1.54) is 18.4 Å².